The van der Waals surface area contributed by atoms with Crippen molar-refractivity contribution in [1.82, 2.24) is 18.5 Å². The molecular weight excluding hydrogens is 646 g/mol. The fourth-order valence-corrected chi connectivity index (χ4v) is 6.48. The number of aryl methyl sites for hydroxylation is 1. The van der Waals surface area contributed by atoms with Gasteiger partial charge in [0.25, 0.3) is 15.9 Å². The van der Waals surface area contributed by atoms with E-state index in [9.17, 15) is 12.8 Å². The van der Waals surface area contributed by atoms with Crippen LogP contribution in [0.2, 0.25) is 5.02 Å². The van der Waals surface area contributed by atoms with Crippen LogP contribution in [-0.2, 0) is 16.6 Å². The van der Waals surface area contributed by atoms with Crippen LogP contribution in [0, 0.1) is 12.7 Å². The van der Waals surface area contributed by atoms with Gasteiger partial charge in [0.15, 0.2) is 17.2 Å². The lowest BCUT2D eigenvalue weighted by Crippen LogP contribution is -2.15. The summed E-state index contributed by atoms with van der Waals surface area (Å²) in [4.78, 5) is 8.88. The smallest absolute Gasteiger partial charge is 0.269 e. The van der Waals surface area contributed by atoms with Crippen molar-refractivity contribution in [2.45, 2.75) is 29.2 Å². The summed E-state index contributed by atoms with van der Waals surface area (Å²) in [5.74, 6) is -0.0688. The van der Waals surface area contributed by atoms with Crippen LogP contribution in [0.5, 0.6) is 11.6 Å². The van der Waals surface area contributed by atoms with Crippen molar-refractivity contribution in [3.05, 3.63) is 65.2 Å². The molecule has 8 nitrogen and oxygen atoms in total. The molecule has 0 saturated carbocycles. The first-order valence-corrected chi connectivity index (χ1v) is 14.6. The number of halogens is 3. The van der Waals surface area contributed by atoms with Gasteiger partial charge in [0, 0.05) is 33.7 Å². The van der Waals surface area contributed by atoms with Gasteiger partial charge in [0.2, 0.25) is 0 Å². The molecule has 5 rings (SSSR count). The Morgan fingerprint density at radius 3 is 2.50 bits per heavy atom. The van der Waals surface area contributed by atoms with E-state index in [1.165, 1.54) is 32.4 Å². The Balaban J connectivity index is 1.91. The van der Waals surface area contributed by atoms with Gasteiger partial charge in [-0.25, -0.2) is 26.7 Å². The Hall–Kier alpha value is -2.90. The summed E-state index contributed by atoms with van der Waals surface area (Å²) in [6, 6.07) is 9.81. The number of benzene rings is 1. The number of hydrogen-bond acceptors (Lipinski definition) is 6. The summed E-state index contributed by atoms with van der Waals surface area (Å²) in [6.07, 6.45) is 2.74. The molecule has 0 N–H and O–H groups in total. The maximum atomic E-state index is 14.4. The number of ether oxygens (including phenoxy) is 2. The van der Waals surface area contributed by atoms with E-state index in [1.807, 2.05) is 17.7 Å². The molecule has 5 aromatic rings. The molecular formula is C26H23ClFIN4O4S. The summed E-state index contributed by atoms with van der Waals surface area (Å²) in [6.45, 7) is 4.55. The van der Waals surface area contributed by atoms with Crippen LogP contribution in [0.25, 0.3) is 33.3 Å². The first kappa shape index (κ1) is 26.7. The normalized spacial score (nSPS) is 12.8. The van der Waals surface area contributed by atoms with Gasteiger partial charge < -0.3 is 14.0 Å². The molecule has 4 heterocycles. The number of alkyl halides is 1. The van der Waals surface area contributed by atoms with Crippen molar-refractivity contribution in [2.24, 2.45) is 0 Å². The fourth-order valence-electron chi connectivity index (χ4n) is 4.39. The zero-order valence-electron chi connectivity index (χ0n) is 20.9. The summed E-state index contributed by atoms with van der Waals surface area (Å²) in [5.41, 5.74) is 2.85. The van der Waals surface area contributed by atoms with E-state index >= 15 is 0 Å². The number of rotatable bonds is 7. The van der Waals surface area contributed by atoms with Crippen LogP contribution in [0.3, 0.4) is 0 Å². The molecule has 0 saturated heterocycles. The zero-order valence-corrected chi connectivity index (χ0v) is 24.6. The molecule has 0 spiro atoms. The first-order chi connectivity index (χ1) is 18.1. The van der Waals surface area contributed by atoms with Gasteiger partial charge >= 0.3 is 0 Å². The molecule has 12 heteroatoms. The van der Waals surface area contributed by atoms with Gasteiger partial charge in [-0.1, -0.05) is 58.8 Å². The Bertz CT molecular complexity index is 1800. The highest BCUT2D eigenvalue weighted by Gasteiger charge is 2.29. The van der Waals surface area contributed by atoms with E-state index in [0.29, 0.717) is 23.4 Å². The minimum Gasteiger partial charge on any atom is -0.491 e. The molecule has 4 aromatic heterocycles. The van der Waals surface area contributed by atoms with Gasteiger partial charge in [-0.3, -0.25) is 0 Å². The molecule has 38 heavy (non-hydrogen) atoms. The molecule has 1 atom stereocenters. The minimum atomic E-state index is -4.18. The molecule has 0 bridgehead atoms. The van der Waals surface area contributed by atoms with Crippen LogP contribution < -0.4 is 9.47 Å². The number of aromatic nitrogens is 4. The van der Waals surface area contributed by atoms with Crippen molar-refractivity contribution in [2.75, 3.05) is 14.2 Å². The predicted octanol–water partition coefficient (Wildman–Crippen LogP) is 6.23. The van der Waals surface area contributed by atoms with Crippen LogP contribution in [0.15, 0.2) is 53.7 Å². The number of hydrogen-bond donors (Lipinski definition) is 0. The maximum Gasteiger partial charge on any atom is 0.269 e. The number of nitrogens with zero attached hydrogens (tertiary/aromatic N) is 4. The van der Waals surface area contributed by atoms with Gasteiger partial charge in [0.05, 0.1) is 41.5 Å². The summed E-state index contributed by atoms with van der Waals surface area (Å²) >= 11 is 8.63. The van der Waals surface area contributed by atoms with Gasteiger partial charge in [0.1, 0.15) is 5.52 Å². The highest BCUT2D eigenvalue weighted by atomic mass is 127. The second kappa shape index (κ2) is 10.0. The highest BCUT2D eigenvalue weighted by Crippen LogP contribution is 2.40. The van der Waals surface area contributed by atoms with Crippen molar-refractivity contribution < 1.29 is 22.3 Å². The van der Waals surface area contributed by atoms with Crippen molar-refractivity contribution in [3.63, 3.8) is 0 Å². The van der Waals surface area contributed by atoms with Crippen LogP contribution in [0.1, 0.15) is 12.5 Å². The average molecular weight is 669 g/mol. The Morgan fingerprint density at radius 2 is 1.87 bits per heavy atom. The topological polar surface area (TPSA) is 88.2 Å². The fraction of sp³-hybridized carbons (Fsp3) is 0.231. The quantitative estimate of drug-likeness (QED) is 0.151. The molecule has 0 fully saturated rings. The third kappa shape index (κ3) is 4.39. The standard InChI is InChI=1S/C26H23ClFIN4O4S/c1-14-5-7-16(8-6-14)38(34,35)33-20(9-17-23(27)19(28)11-30-25(17)33)18-13-32(12-15(2)29)21-10-22(36-3)26(37-4)31-24(18)21/h5-11,13,15H,12H2,1-4H3. The summed E-state index contributed by atoms with van der Waals surface area (Å²) in [7, 11) is -1.18. The second-order valence-electron chi connectivity index (χ2n) is 8.81. The van der Waals surface area contributed by atoms with E-state index < -0.39 is 15.8 Å². The van der Waals surface area contributed by atoms with E-state index in [1.54, 1.807) is 18.2 Å². The van der Waals surface area contributed by atoms with Gasteiger partial charge in [-0.15, -0.1) is 0 Å². The third-order valence-electron chi connectivity index (χ3n) is 6.16. The summed E-state index contributed by atoms with van der Waals surface area (Å²) in [5, 5.41) is -0.0491. The van der Waals surface area contributed by atoms with E-state index in [-0.39, 0.29) is 36.5 Å². The van der Waals surface area contributed by atoms with Crippen molar-refractivity contribution in [3.8, 4) is 22.9 Å². The van der Waals surface area contributed by atoms with Gasteiger partial charge in [-0.05, 0) is 25.1 Å². The molecule has 0 aliphatic rings. The SMILES string of the molecule is COc1cc2c(nc1OC)c(-c1cc3c(Cl)c(F)cnc3n1S(=O)(=O)c1ccc(C)cc1)cn2CC(C)I. The lowest BCUT2D eigenvalue weighted by atomic mass is 10.2. The average Bonchev–Trinajstić information content (AvgIpc) is 3.44. The maximum absolute atomic E-state index is 14.4. The van der Waals surface area contributed by atoms with Crippen molar-refractivity contribution >= 4 is 66.3 Å². The molecule has 0 amide bonds. The predicted molar refractivity (Wildman–Crippen MR) is 154 cm³/mol. The van der Waals surface area contributed by atoms with E-state index in [2.05, 4.69) is 39.5 Å². The van der Waals surface area contributed by atoms with E-state index in [0.717, 1.165) is 21.2 Å². The van der Waals surface area contributed by atoms with E-state index in [4.69, 9.17) is 21.1 Å². The number of methoxy groups -OCH3 is 2. The second-order valence-corrected chi connectivity index (χ2v) is 13.1. The third-order valence-corrected chi connectivity index (χ3v) is 8.66. The largest absolute Gasteiger partial charge is 0.491 e. The molecule has 1 aromatic carbocycles. The lowest BCUT2D eigenvalue weighted by Gasteiger charge is -2.12. The number of fused-ring (bicyclic) bond motifs is 2. The molecule has 198 valence electrons. The minimum absolute atomic E-state index is 0.00983. The Morgan fingerprint density at radius 1 is 1.16 bits per heavy atom. The molecule has 0 aliphatic heterocycles. The Kier molecular flexibility index (Phi) is 7.03. The molecule has 0 radical (unpaired) electrons. The van der Waals surface area contributed by atoms with Crippen molar-refractivity contribution in [1.29, 1.82) is 0 Å². The first-order valence-electron chi connectivity index (χ1n) is 11.5. The van der Waals surface area contributed by atoms with Crippen LogP contribution in [0.4, 0.5) is 4.39 Å². The van der Waals surface area contributed by atoms with Crippen LogP contribution in [-0.4, -0.2) is 45.1 Å². The monoisotopic (exact) mass is 668 g/mol. The van der Waals surface area contributed by atoms with Gasteiger partial charge in [-0.2, -0.15) is 0 Å². The Labute approximate surface area is 237 Å². The molecule has 0 aliphatic carbocycles. The summed E-state index contributed by atoms with van der Waals surface area (Å²) < 4.78 is 56.8. The number of pyridine rings is 2. The molecule has 1 unspecified atom stereocenters. The highest BCUT2D eigenvalue weighted by molar-refractivity contribution is 14.1. The zero-order chi connectivity index (χ0) is 27.4. The lowest BCUT2D eigenvalue weighted by molar-refractivity contribution is 0.344. The van der Waals surface area contributed by atoms with Crippen LogP contribution >= 0.6 is 34.2 Å².